The Morgan fingerprint density at radius 2 is 2.00 bits per heavy atom. The SMILES string of the molecule is Cn1ncc(Br)c1-c1cccc(Nc2ccccc2[N+](=O)[O-])c1. The maximum atomic E-state index is 11.1. The summed E-state index contributed by atoms with van der Waals surface area (Å²) in [6, 6.07) is 14.2. The molecule has 1 aromatic heterocycles. The number of nitrogens with zero attached hydrogens (tertiary/aromatic N) is 3. The molecule has 3 rings (SSSR count). The second kappa shape index (κ2) is 6.21. The molecule has 0 bridgehead atoms. The molecule has 0 aliphatic rings. The number of halogens is 1. The average molecular weight is 373 g/mol. The maximum Gasteiger partial charge on any atom is 0.292 e. The van der Waals surface area contributed by atoms with Crippen LogP contribution in [0.3, 0.4) is 0 Å². The third-order valence-corrected chi connectivity index (χ3v) is 3.99. The molecule has 0 radical (unpaired) electrons. The lowest BCUT2D eigenvalue weighted by atomic mass is 10.1. The van der Waals surface area contributed by atoms with Gasteiger partial charge in [0.2, 0.25) is 0 Å². The molecule has 1 heterocycles. The van der Waals surface area contributed by atoms with Crippen LogP contribution in [0, 0.1) is 10.1 Å². The number of hydrogen-bond acceptors (Lipinski definition) is 4. The molecule has 0 unspecified atom stereocenters. The van der Waals surface area contributed by atoms with E-state index in [1.807, 2.05) is 31.3 Å². The monoisotopic (exact) mass is 372 g/mol. The molecule has 0 saturated heterocycles. The summed E-state index contributed by atoms with van der Waals surface area (Å²) in [5.41, 5.74) is 3.17. The fourth-order valence-electron chi connectivity index (χ4n) is 2.37. The van der Waals surface area contributed by atoms with E-state index < -0.39 is 4.92 Å². The number of benzene rings is 2. The summed E-state index contributed by atoms with van der Waals surface area (Å²) in [6.45, 7) is 0. The molecule has 0 saturated carbocycles. The van der Waals surface area contributed by atoms with Crippen LogP contribution in [-0.4, -0.2) is 14.7 Å². The van der Waals surface area contributed by atoms with Crippen molar-refractivity contribution in [2.45, 2.75) is 0 Å². The number of nitro groups is 1. The number of aromatic nitrogens is 2. The standard InChI is InChI=1S/C16H13BrN4O2/c1-20-16(13(17)10-18-20)11-5-4-6-12(9-11)19-14-7-2-3-8-15(14)21(22)23/h2-10,19H,1H3. The predicted octanol–water partition coefficient (Wildman–Crippen LogP) is 4.50. The Morgan fingerprint density at radius 1 is 1.22 bits per heavy atom. The predicted molar refractivity (Wildman–Crippen MR) is 92.7 cm³/mol. The molecule has 3 aromatic rings. The zero-order chi connectivity index (χ0) is 16.4. The number of para-hydroxylation sites is 2. The molecule has 7 heteroatoms. The van der Waals surface area contributed by atoms with Crippen molar-refractivity contribution in [2.75, 3.05) is 5.32 Å². The van der Waals surface area contributed by atoms with E-state index in [-0.39, 0.29) is 5.69 Å². The topological polar surface area (TPSA) is 73.0 Å². The minimum Gasteiger partial charge on any atom is -0.350 e. The summed E-state index contributed by atoms with van der Waals surface area (Å²) in [7, 11) is 1.86. The number of rotatable bonds is 4. The Labute approximate surface area is 141 Å². The van der Waals surface area contributed by atoms with Crippen molar-refractivity contribution in [3.8, 4) is 11.3 Å². The first-order chi connectivity index (χ1) is 11.1. The molecule has 23 heavy (non-hydrogen) atoms. The summed E-state index contributed by atoms with van der Waals surface area (Å²) in [6.07, 6.45) is 1.73. The van der Waals surface area contributed by atoms with Gasteiger partial charge in [-0.3, -0.25) is 14.8 Å². The van der Waals surface area contributed by atoms with Gasteiger partial charge in [-0.1, -0.05) is 24.3 Å². The van der Waals surface area contributed by atoms with E-state index in [1.54, 1.807) is 29.1 Å². The van der Waals surface area contributed by atoms with E-state index >= 15 is 0 Å². The van der Waals surface area contributed by atoms with Crippen molar-refractivity contribution >= 4 is 33.0 Å². The van der Waals surface area contributed by atoms with E-state index in [0.717, 1.165) is 21.4 Å². The summed E-state index contributed by atoms with van der Waals surface area (Å²) >= 11 is 3.48. The van der Waals surface area contributed by atoms with Crippen LogP contribution in [0.2, 0.25) is 0 Å². The van der Waals surface area contributed by atoms with Gasteiger partial charge in [0.25, 0.3) is 5.69 Å². The molecule has 0 atom stereocenters. The highest BCUT2D eigenvalue weighted by molar-refractivity contribution is 9.10. The van der Waals surface area contributed by atoms with Gasteiger partial charge in [-0.05, 0) is 34.1 Å². The van der Waals surface area contributed by atoms with Gasteiger partial charge >= 0.3 is 0 Å². The second-order valence-electron chi connectivity index (χ2n) is 4.94. The molecular weight excluding hydrogens is 360 g/mol. The van der Waals surface area contributed by atoms with Crippen molar-refractivity contribution in [3.63, 3.8) is 0 Å². The van der Waals surface area contributed by atoms with E-state index in [4.69, 9.17) is 0 Å². The van der Waals surface area contributed by atoms with Gasteiger partial charge in [0.1, 0.15) is 5.69 Å². The summed E-state index contributed by atoms with van der Waals surface area (Å²) in [5, 5.41) is 18.4. The minimum absolute atomic E-state index is 0.0413. The van der Waals surface area contributed by atoms with Crippen LogP contribution in [0.15, 0.2) is 59.2 Å². The summed E-state index contributed by atoms with van der Waals surface area (Å²) < 4.78 is 2.66. The van der Waals surface area contributed by atoms with E-state index in [9.17, 15) is 10.1 Å². The highest BCUT2D eigenvalue weighted by Gasteiger charge is 2.13. The molecule has 6 nitrogen and oxygen atoms in total. The Kier molecular flexibility index (Phi) is 4.12. The number of nitrogens with one attached hydrogen (secondary N) is 1. The fraction of sp³-hybridized carbons (Fsp3) is 0.0625. The quantitative estimate of drug-likeness (QED) is 0.540. The van der Waals surface area contributed by atoms with E-state index in [1.165, 1.54) is 6.07 Å². The van der Waals surface area contributed by atoms with Crippen LogP contribution in [0.5, 0.6) is 0 Å². The van der Waals surface area contributed by atoms with Gasteiger partial charge in [0, 0.05) is 24.4 Å². The van der Waals surface area contributed by atoms with Gasteiger partial charge in [-0.25, -0.2) is 0 Å². The highest BCUT2D eigenvalue weighted by Crippen LogP contribution is 2.31. The van der Waals surface area contributed by atoms with Crippen molar-refractivity contribution in [1.29, 1.82) is 0 Å². The molecule has 0 spiro atoms. The minimum atomic E-state index is -0.399. The number of hydrogen-bond donors (Lipinski definition) is 1. The zero-order valence-corrected chi connectivity index (χ0v) is 13.8. The Bertz CT molecular complexity index is 857. The smallest absolute Gasteiger partial charge is 0.292 e. The Hall–Kier alpha value is -2.67. The van der Waals surface area contributed by atoms with Crippen LogP contribution >= 0.6 is 15.9 Å². The summed E-state index contributed by atoms with van der Waals surface area (Å²) in [5.74, 6) is 0. The maximum absolute atomic E-state index is 11.1. The molecular formula is C16H13BrN4O2. The molecule has 1 N–H and O–H groups in total. The van der Waals surface area contributed by atoms with E-state index in [0.29, 0.717) is 5.69 Å². The molecule has 116 valence electrons. The lowest BCUT2D eigenvalue weighted by Gasteiger charge is -2.09. The van der Waals surface area contributed by atoms with Crippen LogP contribution in [0.25, 0.3) is 11.3 Å². The number of aryl methyl sites for hydroxylation is 1. The first-order valence-electron chi connectivity index (χ1n) is 6.84. The van der Waals surface area contributed by atoms with Crippen molar-refractivity contribution in [3.05, 3.63) is 69.3 Å². The second-order valence-corrected chi connectivity index (χ2v) is 5.80. The van der Waals surface area contributed by atoms with Gasteiger partial charge in [0.05, 0.1) is 21.3 Å². The average Bonchev–Trinajstić information content (AvgIpc) is 2.87. The van der Waals surface area contributed by atoms with Gasteiger partial charge in [0.15, 0.2) is 0 Å². The van der Waals surface area contributed by atoms with Crippen molar-refractivity contribution < 1.29 is 4.92 Å². The number of anilines is 2. The molecule has 0 aliphatic carbocycles. The van der Waals surface area contributed by atoms with E-state index in [2.05, 4.69) is 26.3 Å². The van der Waals surface area contributed by atoms with Gasteiger partial charge < -0.3 is 5.32 Å². The lowest BCUT2D eigenvalue weighted by molar-refractivity contribution is -0.383. The van der Waals surface area contributed by atoms with Crippen molar-refractivity contribution in [2.24, 2.45) is 7.05 Å². The van der Waals surface area contributed by atoms with Crippen molar-refractivity contribution in [1.82, 2.24) is 9.78 Å². The van der Waals surface area contributed by atoms with Crippen LogP contribution in [0.1, 0.15) is 0 Å². The molecule has 2 aromatic carbocycles. The summed E-state index contributed by atoms with van der Waals surface area (Å²) in [4.78, 5) is 10.7. The van der Waals surface area contributed by atoms with Gasteiger partial charge in [-0.15, -0.1) is 0 Å². The zero-order valence-electron chi connectivity index (χ0n) is 12.2. The molecule has 0 aliphatic heterocycles. The Morgan fingerprint density at radius 3 is 2.70 bits per heavy atom. The third kappa shape index (κ3) is 3.09. The third-order valence-electron chi connectivity index (χ3n) is 3.41. The van der Waals surface area contributed by atoms with Crippen LogP contribution < -0.4 is 5.32 Å². The molecule has 0 fully saturated rings. The van der Waals surface area contributed by atoms with Crippen LogP contribution in [0.4, 0.5) is 17.1 Å². The Balaban J connectivity index is 1.97. The van der Waals surface area contributed by atoms with Crippen LogP contribution in [-0.2, 0) is 7.05 Å². The highest BCUT2D eigenvalue weighted by atomic mass is 79.9. The van der Waals surface area contributed by atoms with Gasteiger partial charge in [-0.2, -0.15) is 5.10 Å². The fourth-order valence-corrected chi connectivity index (χ4v) is 2.95. The first kappa shape index (κ1) is 15.2. The molecule has 0 amide bonds. The lowest BCUT2D eigenvalue weighted by Crippen LogP contribution is -1.98. The largest absolute Gasteiger partial charge is 0.350 e. The normalized spacial score (nSPS) is 10.5. The number of nitro benzene ring substituents is 1. The first-order valence-corrected chi connectivity index (χ1v) is 7.64.